The molecule has 1 aromatic heterocycles. The Labute approximate surface area is 119 Å². The first-order valence-electron chi connectivity index (χ1n) is 5.05. The minimum Gasteiger partial charge on any atom is -0.495 e. The predicted molar refractivity (Wildman–Crippen MR) is 70.8 cm³/mol. The molecule has 1 aromatic carbocycles. The van der Waals surface area contributed by atoms with Gasteiger partial charge in [0.25, 0.3) is 0 Å². The maximum atomic E-state index is 8.82. The van der Waals surface area contributed by atoms with Crippen molar-refractivity contribution in [1.29, 1.82) is 5.26 Å². The van der Waals surface area contributed by atoms with Crippen molar-refractivity contribution in [2.45, 2.75) is 0 Å². The highest BCUT2D eigenvalue weighted by atomic mass is 35.5. The molecule has 0 aliphatic heterocycles. The highest BCUT2D eigenvalue weighted by Gasteiger charge is 2.10. The molecular formula is C11H7Cl2N5O. The lowest BCUT2D eigenvalue weighted by Gasteiger charge is -2.11. The van der Waals surface area contributed by atoms with Gasteiger partial charge in [0, 0.05) is 6.07 Å². The van der Waals surface area contributed by atoms with Crippen molar-refractivity contribution in [2.24, 2.45) is 0 Å². The Morgan fingerprint density at radius 2 is 2.11 bits per heavy atom. The maximum Gasteiger partial charge on any atom is 0.245 e. The Hall–Kier alpha value is -2.10. The van der Waals surface area contributed by atoms with E-state index in [-0.39, 0.29) is 16.3 Å². The van der Waals surface area contributed by atoms with E-state index < -0.39 is 0 Å². The van der Waals surface area contributed by atoms with E-state index in [1.807, 2.05) is 6.07 Å². The number of nitrogens with zero attached hydrogens (tertiary/aromatic N) is 4. The van der Waals surface area contributed by atoms with Gasteiger partial charge in [0.2, 0.25) is 5.28 Å². The molecule has 0 amide bonds. The molecule has 19 heavy (non-hydrogen) atoms. The summed E-state index contributed by atoms with van der Waals surface area (Å²) in [6, 6.07) is 6.91. The van der Waals surface area contributed by atoms with Crippen LogP contribution in [0.15, 0.2) is 18.2 Å². The molecule has 1 heterocycles. The van der Waals surface area contributed by atoms with Crippen molar-refractivity contribution >= 4 is 34.7 Å². The summed E-state index contributed by atoms with van der Waals surface area (Å²) in [7, 11) is 1.49. The molecule has 0 fully saturated rings. The molecule has 0 spiro atoms. The number of rotatable bonds is 3. The number of methoxy groups -OCH3 is 1. The van der Waals surface area contributed by atoms with Gasteiger partial charge in [0.15, 0.2) is 11.0 Å². The largest absolute Gasteiger partial charge is 0.495 e. The van der Waals surface area contributed by atoms with E-state index in [0.29, 0.717) is 17.0 Å². The molecule has 96 valence electrons. The van der Waals surface area contributed by atoms with Gasteiger partial charge < -0.3 is 10.1 Å². The third-order valence-corrected chi connectivity index (χ3v) is 2.62. The van der Waals surface area contributed by atoms with Gasteiger partial charge in [-0.3, -0.25) is 0 Å². The molecule has 0 bridgehead atoms. The highest BCUT2D eigenvalue weighted by Crippen LogP contribution is 2.30. The first-order chi connectivity index (χ1) is 9.13. The number of nitriles is 1. The van der Waals surface area contributed by atoms with E-state index in [0.717, 1.165) is 0 Å². The number of halogens is 2. The highest BCUT2D eigenvalue weighted by molar-refractivity contribution is 6.32. The fraction of sp³-hybridized carbons (Fsp3) is 0.0909. The fourth-order valence-electron chi connectivity index (χ4n) is 1.36. The van der Waals surface area contributed by atoms with Crippen LogP contribution in [-0.4, -0.2) is 22.3 Å². The van der Waals surface area contributed by atoms with Gasteiger partial charge in [-0.25, -0.2) is 0 Å². The predicted octanol–water partition coefficient (Wildman–Crippen LogP) is 2.80. The van der Waals surface area contributed by atoms with Gasteiger partial charge >= 0.3 is 0 Å². The molecule has 0 atom stereocenters. The van der Waals surface area contributed by atoms with E-state index in [1.54, 1.807) is 18.2 Å². The van der Waals surface area contributed by atoms with Crippen molar-refractivity contribution in [3.63, 3.8) is 0 Å². The lowest BCUT2D eigenvalue weighted by atomic mass is 10.2. The van der Waals surface area contributed by atoms with Gasteiger partial charge in [0.1, 0.15) is 5.75 Å². The summed E-state index contributed by atoms with van der Waals surface area (Å²) in [6.07, 6.45) is 0. The smallest absolute Gasteiger partial charge is 0.245 e. The average molecular weight is 296 g/mol. The molecule has 0 aliphatic rings. The Balaban J connectivity index is 2.38. The molecule has 2 aromatic rings. The summed E-state index contributed by atoms with van der Waals surface area (Å²) >= 11 is 11.5. The first kappa shape index (κ1) is 13.3. The zero-order valence-corrected chi connectivity index (χ0v) is 11.2. The van der Waals surface area contributed by atoms with Crippen LogP contribution in [0.2, 0.25) is 10.4 Å². The summed E-state index contributed by atoms with van der Waals surface area (Å²) in [5, 5.41) is 18.9. The first-order valence-corrected chi connectivity index (χ1v) is 5.80. The minimum atomic E-state index is -0.0282. The van der Waals surface area contributed by atoms with Crippen LogP contribution < -0.4 is 10.1 Å². The Morgan fingerprint density at radius 1 is 1.32 bits per heavy atom. The summed E-state index contributed by atoms with van der Waals surface area (Å²) in [4.78, 5) is 3.91. The van der Waals surface area contributed by atoms with E-state index in [1.165, 1.54) is 7.11 Å². The van der Waals surface area contributed by atoms with Crippen LogP contribution >= 0.6 is 23.2 Å². The van der Waals surface area contributed by atoms with Gasteiger partial charge in [-0.1, -0.05) is 11.6 Å². The monoisotopic (exact) mass is 295 g/mol. The maximum absolute atomic E-state index is 8.82. The van der Waals surface area contributed by atoms with Crippen LogP contribution in [0.1, 0.15) is 5.56 Å². The molecule has 8 heteroatoms. The second kappa shape index (κ2) is 5.69. The van der Waals surface area contributed by atoms with Crippen molar-refractivity contribution in [3.05, 3.63) is 34.2 Å². The average Bonchev–Trinajstić information content (AvgIpc) is 2.43. The molecule has 2 rings (SSSR count). The number of benzene rings is 1. The molecule has 0 radical (unpaired) electrons. The number of anilines is 2. The van der Waals surface area contributed by atoms with E-state index in [4.69, 9.17) is 33.2 Å². The van der Waals surface area contributed by atoms with Crippen molar-refractivity contribution in [1.82, 2.24) is 15.2 Å². The van der Waals surface area contributed by atoms with Crippen molar-refractivity contribution in [3.8, 4) is 11.8 Å². The molecule has 1 N–H and O–H groups in total. The molecule has 0 saturated heterocycles. The minimum absolute atomic E-state index is 0.0282. The summed E-state index contributed by atoms with van der Waals surface area (Å²) in [5.74, 6) is 0.731. The van der Waals surface area contributed by atoms with E-state index in [9.17, 15) is 0 Å². The number of ether oxygens (including phenoxy) is 1. The second-order valence-corrected chi connectivity index (χ2v) is 4.07. The quantitative estimate of drug-likeness (QED) is 0.937. The summed E-state index contributed by atoms with van der Waals surface area (Å²) < 4.78 is 5.18. The standard InChI is InChI=1S/C11H7Cl2N5O/c1-19-8-4-6(5-14)2-3-7(8)15-10-9(12)17-18-11(13)16-10/h2-4H,1H3,(H,15,16,18). The second-order valence-electron chi connectivity index (χ2n) is 3.37. The molecular weight excluding hydrogens is 289 g/mol. The molecule has 0 unspecified atom stereocenters. The third kappa shape index (κ3) is 3.02. The molecule has 0 saturated carbocycles. The fourth-order valence-corrected chi connectivity index (χ4v) is 1.61. The number of nitrogens with one attached hydrogen (secondary N) is 1. The Morgan fingerprint density at radius 3 is 2.79 bits per heavy atom. The van der Waals surface area contributed by atoms with Crippen LogP contribution in [0.3, 0.4) is 0 Å². The van der Waals surface area contributed by atoms with Gasteiger partial charge in [0.05, 0.1) is 24.4 Å². The Kier molecular flexibility index (Phi) is 4.00. The van der Waals surface area contributed by atoms with Crippen molar-refractivity contribution in [2.75, 3.05) is 12.4 Å². The topological polar surface area (TPSA) is 83.7 Å². The zero-order chi connectivity index (χ0) is 13.8. The van der Waals surface area contributed by atoms with Gasteiger partial charge in [-0.05, 0) is 23.7 Å². The number of aromatic nitrogens is 3. The van der Waals surface area contributed by atoms with Crippen LogP contribution in [0.5, 0.6) is 5.75 Å². The Bertz CT molecular complexity index is 656. The molecule has 6 nitrogen and oxygen atoms in total. The van der Waals surface area contributed by atoms with Crippen molar-refractivity contribution < 1.29 is 4.74 Å². The van der Waals surface area contributed by atoms with E-state index in [2.05, 4.69) is 20.5 Å². The normalized spacial score (nSPS) is 9.79. The SMILES string of the molecule is COc1cc(C#N)ccc1Nc1nc(Cl)nnc1Cl. The van der Waals surface area contributed by atoms with Gasteiger partial charge in [-0.15, -0.1) is 10.2 Å². The van der Waals surface area contributed by atoms with Crippen LogP contribution in [0.25, 0.3) is 0 Å². The molecule has 0 aliphatic carbocycles. The van der Waals surface area contributed by atoms with Crippen LogP contribution in [0, 0.1) is 11.3 Å². The zero-order valence-electron chi connectivity index (χ0n) is 9.69. The third-order valence-electron chi connectivity index (χ3n) is 2.20. The van der Waals surface area contributed by atoms with Crippen LogP contribution in [0.4, 0.5) is 11.5 Å². The summed E-state index contributed by atoms with van der Waals surface area (Å²) in [5.41, 5.74) is 1.06. The van der Waals surface area contributed by atoms with Crippen LogP contribution in [-0.2, 0) is 0 Å². The van der Waals surface area contributed by atoms with E-state index >= 15 is 0 Å². The number of hydrogen-bond donors (Lipinski definition) is 1. The lowest BCUT2D eigenvalue weighted by Crippen LogP contribution is -2.00. The number of hydrogen-bond acceptors (Lipinski definition) is 6. The summed E-state index contributed by atoms with van der Waals surface area (Å²) in [6.45, 7) is 0. The van der Waals surface area contributed by atoms with Gasteiger partial charge in [-0.2, -0.15) is 10.2 Å². The lowest BCUT2D eigenvalue weighted by molar-refractivity contribution is 0.416.